The van der Waals surface area contributed by atoms with Crippen LogP contribution in [-0.4, -0.2) is 16.5 Å². The number of carbonyl (C=O) groups excluding carboxylic acids is 1. The van der Waals surface area contributed by atoms with Gasteiger partial charge in [0.25, 0.3) is 5.69 Å². The topological polar surface area (TPSA) is 69.4 Å². The number of esters is 1. The Bertz CT molecular complexity index is 465. The molecule has 0 aliphatic carbocycles. The lowest BCUT2D eigenvalue weighted by molar-refractivity contribution is -0.385. The normalized spacial score (nSPS) is 11.1. The lowest BCUT2D eigenvalue weighted by atomic mass is 10.1. The summed E-state index contributed by atoms with van der Waals surface area (Å²) in [6.45, 7) is 5.20. The summed E-state index contributed by atoms with van der Waals surface area (Å²) in [7, 11) is 0. The Kier molecular flexibility index (Phi) is 3.87. The average molecular weight is 302 g/mol. The van der Waals surface area contributed by atoms with Crippen LogP contribution < -0.4 is 0 Å². The van der Waals surface area contributed by atoms with E-state index in [1.807, 2.05) is 0 Å². The number of hydrogen-bond donors (Lipinski definition) is 0. The van der Waals surface area contributed by atoms with Gasteiger partial charge < -0.3 is 4.74 Å². The fourth-order valence-corrected chi connectivity index (χ4v) is 1.51. The van der Waals surface area contributed by atoms with Gasteiger partial charge in [-0.2, -0.15) is 0 Å². The third-order valence-electron chi connectivity index (χ3n) is 1.78. The molecular formula is C11H12BrNO4. The van der Waals surface area contributed by atoms with Gasteiger partial charge in [0, 0.05) is 6.07 Å². The molecular weight excluding hydrogens is 290 g/mol. The molecule has 17 heavy (non-hydrogen) atoms. The molecule has 0 bridgehead atoms. The number of nitro groups is 1. The average Bonchev–Trinajstić information content (AvgIpc) is 2.14. The summed E-state index contributed by atoms with van der Waals surface area (Å²) in [6, 6.07) is 4.13. The first-order valence-corrected chi connectivity index (χ1v) is 5.67. The summed E-state index contributed by atoms with van der Waals surface area (Å²) in [6.07, 6.45) is 0. The highest BCUT2D eigenvalue weighted by Crippen LogP contribution is 2.26. The maximum atomic E-state index is 11.7. The van der Waals surface area contributed by atoms with Crippen molar-refractivity contribution in [1.82, 2.24) is 0 Å². The number of nitro benzene ring substituents is 1. The maximum Gasteiger partial charge on any atom is 0.338 e. The van der Waals surface area contributed by atoms with Crippen molar-refractivity contribution in [2.24, 2.45) is 0 Å². The molecule has 0 aliphatic heterocycles. The molecule has 0 heterocycles. The van der Waals surface area contributed by atoms with E-state index in [0.29, 0.717) is 4.47 Å². The zero-order valence-electron chi connectivity index (χ0n) is 9.69. The zero-order chi connectivity index (χ0) is 13.2. The summed E-state index contributed by atoms with van der Waals surface area (Å²) in [5.74, 6) is -0.576. The van der Waals surface area contributed by atoms with E-state index in [2.05, 4.69) is 15.9 Å². The van der Waals surface area contributed by atoms with Crippen molar-refractivity contribution in [1.29, 1.82) is 0 Å². The van der Waals surface area contributed by atoms with E-state index in [1.165, 1.54) is 18.2 Å². The fourth-order valence-electron chi connectivity index (χ4n) is 1.12. The van der Waals surface area contributed by atoms with Crippen molar-refractivity contribution in [2.75, 3.05) is 0 Å². The second-order valence-corrected chi connectivity index (χ2v) is 5.28. The molecule has 1 aromatic rings. The highest BCUT2D eigenvalue weighted by atomic mass is 79.9. The molecule has 0 unspecified atom stereocenters. The number of benzene rings is 1. The molecule has 5 nitrogen and oxygen atoms in total. The Balaban J connectivity index is 3.04. The molecule has 0 fully saturated rings. The van der Waals surface area contributed by atoms with Gasteiger partial charge in [-0.05, 0) is 48.8 Å². The summed E-state index contributed by atoms with van der Waals surface area (Å²) in [4.78, 5) is 21.8. The third kappa shape index (κ3) is 3.81. The minimum atomic E-state index is -0.626. The summed E-state index contributed by atoms with van der Waals surface area (Å²) >= 11 is 3.05. The Morgan fingerprint density at radius 2 is 2.00 bits per heavy atom. The SMILES string of the molecule is CC(C)(C)OC(=O)c1ccc(Br)c([N+](=O)[O-])c1. The van der Waals surface area contributed by atoms with Crippen LogP contribution in [0.25, 0.3) is 0 Å². The van der Waals surface area contributed by atoms with Crippen LogP contribution in [0.4, 0.5) is 5.69 Å². The van der Waals surface area contributed by atoms with Crippen molar-refractivity contribution in [3.05, 3.63) is 38.3 Å². The van der Waals surface area contributed by atoms with Crippen LogP contribution in [0.5, 0.6) is 0 Å². The predicted octanol–water partition coefficient (Wildman–Crippen LogP) is 3.31. The molecule has 0 N–H and O–H groups in total. The smallest absolute Gasteiger partial charge is 0.338 e. The van der Waals surface area contributed by atoms with Gasteiger partial charge in [-0.3, -0.25) is 10.1 Å². The lowest BCUT2D eigenvalue weighted by Crippen LogP contribution is -2.23. The molecule has 0 spiro atoms. The van der Waals surface area contributed by atoms with Gasteiger partial charge in [-0.25, -0.2) is 4.79 Å². The number of carbonyl (C=O) groups is 1. The standard InChI is InChI=1S/C11H12BrNO4/c1-11(2,3)17-10(14)7-4-5-8(12)9(6-7)13(15)16/h4-6H,1-3H3. The Morgan fingerprint density at radius 1 is 1.41 bits per heavy atom. The minimum Gasteiger partial charge on any atom is -0.456 e. The lowest BCUT2D eigenvalue weighted by Gasteiger charge is -2.19. The van der Waals surface area contributed by atoms with E-state index < -0.39 is 16.5 Å². The van der Waals surface area contributed by atoms with Crippen molar-refractivity contribution in [3.8, 4) is 0 Å². The maximum absolute atomic E-state index is 11.7. The second-order valence-electron chi connectivity index (χ2n) is 4.43. The number of ether oxygens (including phenoxy) is 1. The van der Waals surface area contributed by atoms with Gasteiger partial charge in [-0.15, -0.1) is 0 Å². The van der Waals surface area contributed by atoms with Crippen LogP contribution in [0, 0.1) is 10.1 Å². The van der Waals surface area contributed by atoms with E-state index in [1.54, 1.807) is 20.8 Å². The van der Waals surface area contributed by atoms with E-state index >= 15 is 0 Å². The first-order valence-electron chi connectivity index (χ1n) is 4.88. The number of halogens is 1. The van der Waals surface area contributed by atoms with Crippen LogP contribution in [-0.2, 0) is 4.74 Å². The molecule has 0 amide bonds. The van der Waals surface area contributed by atoms with Gasteiger partial charge in [0.2, 0.25) is 0 Å². The molecule has 0 saturated heterocycles. The number of nitrogens with zero attached hydrogens (tertiary/aromatic N) is 1. The quantitative estimate of drug-likeness (QED) is 0.477. The van der Waals surface area contributed by atoms with Gasteiger partial charge in [-0.1, -0.05) is 0 Å². The van der Waals surface area contributed by atoms with Gasteiger partial charge in [0.15, 0.2) is 0 Å². The first-order chi connectivity index (χ1) is 7.70. The number of hydrogen-bond acceptors (Lipinski definition) is 4. The molecule has 1 aromatic carbocycles. The van der Waals surface area contributed by atoms with E-state index in [-0.39, 0.29) is 11.3 Å². The minimum absolute atomic E-state index is 0.159. The molecule has 1 rings (SSSR count). The highest BCUT2D eigenvalue weighted by Gasteiger charge is 2.21. The van der Waals surface area contributed by atoms with Crippen LogP contribution in [0.1, 0.15) is 31.1 Å². The van der Waals surface area contributed by atoms with Gasteiger partial charge >= 0.3 is 5.97 Å². The van der Waals surface area contributed by atoms with Gasteiger partial charge in [0.1, 0.15) is 5.60 Å². The van der Waals surface area contributed by atoms with Crippen molar-refractivity contribution in [3.63, 3.8) is 0 Å². The van der Waals surface area contributed by atoms with Gasteiger partial charge in [0.05, 0.1) is 15.0 Å². The van der Waals surface area contributed by atoms with Crippen LogP contribution in [0.3, 0.4) is 0 Å². The molecule has 0 aliphatic rings. The van der Waals surface area contributed by atoms with E-state index in [9.17, 15) is 14.9 Å². The Morgan fingerprint density at radius 3 is 2.47 bits per heavy atom. The molecule has 0 saturated carbocycles. The summed E-state index contributed by atoms with van der Waals surface area (Å²) in [5, 5.41) is 10.7. The monoisotopic (exact) mass is 301 g/mol. The van der Waals surface area contributed by atoms with E-state index in [0.717, 1.165) is 0 Å². The number of rotatable bonds is 2. The Labute approximate surface area is 107 Å². The first kappa shape index (κ1) is 13.6. The van der Waals surface area contributed by atoms with Crippen LogP contribution in [0.15, 0.2) is 22.7 Å². The Hall–Kier alpha value is -1.43. The molecule has 0 aromatic heterocycles. The largest absolute Gasteiger partial charge is 0.456 e. The zero-order valence-corrected chi connectivity index (χ0v) is 11.3. The van der Waals surface area contributed by atoms with Crippen LogP contribution in [0.2, 0.25) is 0 Å². The van der Waals surface area contributed by atoms with Crippen LogP contribution >= 0.6 is 15.9 Å². The van der Waals surface area contributed by atoms with Crippen molar-refractivity contribution >= 4 is 27.6 Å². The predicted molar refractivity (Wildman–Crippen MR) is 66.0 cm³/mol. The fraction of sp³-hybridized carbons (Fsp3) is 0.364. The summed E-state index contributed by atoms with van der Waals surface area (Å²) < 4.78 is 5.45. The molecule has 92 valence electrons. The van der Waals surface area contributed by atoms with Crippen molar-refractivity contribution < 1.29 is 14.5 Å². The summed E-state index contributed by atoms with van der Waals surface area (Å²) in [5.41, 5.74) is -0.623. The molecule has 6 heteroatoms. The van der Waals surface area contributed by atoms with E-state index in [4.69, 9.17) is 4.74 Å². The molecule has 0 atom stereocenters. The third-order valence-corrected chi connectivity index (χ3v) is 2.45. The molecule has 0 radical (unpaired) electrons. The second kappa shape index (κ2) is 4.83. The van der Waals surface area contributed by atoms with Crippen molar-refractivity contribution in [2.45, 2.75) is 26.4 Å². The highest BCUT2D eigenvalue weighted by molar-refractivity contribution is 9.10.